The number of carbonyl (C=O) groups excluding carboxylic acids is 1. The van der Waals surface area contributed by atoms with Crippen LogP contribution < -0.4 is 16.2 Å². The molecule has 1 saturated carbocycles. The number of amides is 1. The smallest absolute Gasteiger partial charge is 0.279 e. The van der Waals surface area contributed by atoms with E-state index in [9.17, 15) is 14.0 Å². The number of nitrogens with one attached hydrogen (secondary N) is 2. The molecule has 33 heavy (non-hydrogen) atoms. The summed E-state index contributed by atoms with van der Waals surface area (Å²) in [4.78, 5) is 38.7. The number of rotatable bonds is 5. The molecule has 2 aliphatic rings. The lowest BCUT2D eigenvalue weighted by Crippen LogP contribution is -2.28. The van der Waals surface area contributed by atoms with Gasteiger partial charge in [-0.3, -0.25) is 19.1 Å². The van der Waals surface area contributed by atoms with E-state index in [1.165, 1.54) is 15.3 Å². The lowest BCUT2D eigenvalue weighted by atomic mass is 10.2. The van der Waals surface area contributed by atoms with Crippen LogP contribution in [0.4, 0.5) is 21.6 Å². The lowest BCUT2D eigenvalue weighted by molar-refractivity contribution is 0.0940. The van der Waals surface area contributed by atoms with Crippen LogP contribution in [0.1, 0.15) is 22.5 Å². The van der Waals surface area contributed by atoms with Crippen LogP contribution in [0.3, 0.4) is 0 Å². The van der Waals surface area contributed by atoms with Gasteiger partial charge in [0.1, 0.15) is 23.4 Å². The van der Waals surface area contributed by atoms with Crippen LogP contribution in [0, 0.1) is 0 Å². The average Bonchev–Trinajstić information content (AvgIpc) is 3.21. The van der Waals surface area contributed by atoms with Crippen LogP contribution in [0.15, 0.2) is 58.7 Å². The van der Waals surface area contributed by atoms with E-state index >= 15 is 0 Å². The molecule has 164 valence electrons. The van der Waals surface area contributed by atoms with Gasteiger partial charge in [0, 0.05) is 37.0 Å². The summed E-state index contributed by atoms with van der Waals surface area (Å²) >= 11 is 0. The Morgan fingerprint density at radius 1 is 1.18 bits per heavy atom. The molecule has 4 aromatic rings. The van der Waals surface area contributed by atoms with Gasteiger partial charge in [-0.2, -0.15) is 0 Å². The van der Waals surface area contributed by atoms with Crippen LogP contribution in [0.5, 0.6) is 0 Å². The third-order valence-corrected chi connectivity index (χ3v) is 5.60. The van der Waals surface area contributed by atoms with Crippen molar-refractivity contribution in [1.29, 1.82) is 0 Å². The van der Waals surface area contributed by atoms with Crippen molar-refractivity contribution in [2.75, 3.05) is 5.32 Å². The molecule has 0 bridgehead atoms. The van der Waals surface area contributed by atoms with Crippen molar-refractivity contribution in [3.8, 4) is 5.82 Å². The molecular weight excluding hydrogens is 427 g/mol. The van der Waals surface area contributed by atoms with Gasteiger partial charge < -0.3 is 10.6 Å². The van der Waals surface area contributed by atoms with Crippen molar-refractivity contribution in [2.24, 2.45) is 4.99 Å². The number of nitrogens with zero attached hydrogens (tertiary/aromatic N) is 6. The fourth-order valence-electron chi connectivity index (χ4n) is 3.78. The van der Waals surface area contributed by atoms with Gasteiger partial charge in [0.05, 0.1) is 12.2 Å². The molecule has 1 aliphatic heterocycles. The number of anilines is 2. The summed E-state index contributed by atoms with van der Waals surface area (Å²) in [5.74, 6) is 0.404. The Kier molecular flexibility index (Phi) is 4.28. The summed E-state index contributed by atoms with van der Waals surface area (Å²) < 4.78 is 16.1. The van der Waals surface area contributed by atoms with E-state index < -0.39 is 18.1 Å². The minimum Gasteiger partial charge on any atom is -0.345 e. The predicted molar refractivity (Wildman–Crippen MR) is 119 cm³/mol. The zero-order valence-corrected chi connectivity index (χ0v) is 17.1. The van der Waals surface area contributed by atoms with Gasteiger partial charge in [-0.15, -0.1) is 5.10 Å². The standard InChI is InChI=1S/C22H17FN8O2/c23-13-10-15(13)28-21(32)16-11-26-20-18-12(6-8-25-18)19(29-31(16)20)27-14-4-3-9-30(22(14)33)17-5-1-2-7-24-17/h1-5,7-9,11,13,15H,6,10H2,(H,27,29)(H,28,32)/t13-,15+/m0/s1. The highest BCUT2D eigenvalue weighted by Gasteiger charge is 2.39. The monoisotopic (exact) mass is 444 g/mol. The largest absolute Gasteiger partial charge is 0.345 e. The molecule has 1 fully saturated rings. The number of alkyl halides is 1. The Labute approximate surface area is 185 Å². The van der Waals surface area contributed by atoms with E-state index in [1.54, 1.807) is 48.9 Å². The number of imidazole rings is 1. The van der Waals surface area contributed by atoms with Gasteiger partial charge in [0.2, 0.25) is 0 Å². The van der Waals surface area contributed by atoms with Crippen LogP contribution in [-0.2, 0) is 6.42 Å². The van der Waals surface area contributed by atoms with Gasteiger partial charge >= 0.3 is 0 Å². The summed E-state index contributed by atoms with van der Waals surface area (Å²) in [6.45, 7) is 0. The van der Waals surface area contributed by atoms with Crippen LogP contribution in [0.2, 0.25) is 0 Å². The second kappa shape index (κ2) is 7.33. The average molecular weight is 444 g/mol. The summed E-state index contributed by atoms with van der Waals surface area (Å²) in [7, 11) is 0. The van der Waals surface area contributed by atoms with Crippen LogP contribution in [0.25, 0.3) is 11.5 Å². The van der Waals surface area contributed by atoms with Crippen molar-refractivity contribution >= 4 is 35.0 Å². The lowest BCUT2D eigenvalue weighted by Gasteiger charge is -2.13. The Balaban J connectivity index is 1.42. The molecule has 0 spiro atoms. The first kappa shape index (κ1) is 19.3. The summed E-state index contributed by atoms with van der Waals surface area (Å²) in [5.41, 5.74) is 1.89. The third kappa shape index (κ3) is 3.25. The van der Waals surface area contributed by atoms with Gasteiger partial charge in [-0.05, 0) is 24.3 Å². The maximum Gasteiger partial charge on any atom is 0.279 e. The van der Waals surface area contributed by atoms with Crippen molar-refractivity contribution in [3.63, 3.8) is 0 Å². The molecule has 6 rings (SSSR count). The first-order valence-electron chi connectivity index (χ1n) is 10.4. The topological polar surface area (TPSA) is 119 Å². The molecule has 10 nitrogen and oxygen atoms in total. The molecule has 0 aromatic carbocycles. The van der Waals surface area contributed by atoms with Gasteiger partial charge in [-0.25, -0.2) is 18.9 Å². The number of aromatic nitrogens is 5. The summed E-state index contributed by atoms with van der Waals surface area (Å²) in [5, 5.41) is 10.3. The molecular formula is C22H17FN8O2. The molecule has 2 N–H and O–H groups in total. The highest BCUT2D eigenvalue weighted by atomic mass is 19.1. The van der Waals surface area contributed by atoms with E-state index in [0.29, 0.717) is 35.8 Å². The molecule has 4 aromatic heterocycles. The normalized spacial score (nSPS) is 18.3. The molecule has 0 saturated heterocycles. The number of halogens is 1. The van der Waals surface area contributed by atoms with Crippen LogP contribution >= 0.6 is 0 Å². The maximum absolute atomic E-state index is 13.3. The Morgan fingerprint density at radius 2 is 2.06 bits per heavy atom. The molecule has 11 heteroatoms. The number of hydrogen-bond donors (Lipinski definition) is 2. The molecule has 1 aliphatic carbocycles. The van der Waals surface area contributed by atoms with E-state index in [1.807, 2.05) is 0 Å². The van der Waals surface area contributed by atoms with E-state index in [0.717, 1.165) is 5.56 Å². The maximum atomic E-state index is 13.3. The SMILES string of the molecule is O=C(N[C@@H]1C[C@@H]1F)c1cnc2c3c(c(Nc4cccn(-c5ccccn5)c4=O)nn12)CC=N3. The fraction of sp³-hybridized carbons (Fsp3) is 0.182. The van der Waals surface area contributed by atoms with Gasteiger partial charge in [0.25, 0.3) is 11.5 Å². The Bertz CT molecular complexity index is 1490. The zero-order valence-electron chi connectivity index (χ0n) is 17.1. The number of fused-ring (bicyclic) bond motifs is 3. The highest BCUT2D eigenvalue weighted by molar-refractivity contribution is 5.95. The third-order valence-electron chi connectivity index (χ3n) is 5.60. The number of hydrogen-bond acceptors (Lipinski definition) is 7. The number of aliphatic imine (C=N–C) groups is 1. The molecule has 1 amide bonds. The van der Waals surface area contributed by atoms with Crippen molar-refractivity contribution in [3.05, 3.63) is 70.5 Å². The highest BCUT2D eigenvalue weighted by Crippen LogP contribution is 2.34. The van der Waals surface area contributed by atoms with Gasteiger partial charge in [-0.1, -0.05) is 6.07 Å². The number of pyridine rings is 2. The Hall–Kier alpha value is -4.41. The quantitative estimate of drug-likeness (QED) is 0.487. The van der Waals surface area contributed by atoms with Crippen molar-refractivity contribution in [2.45, 2.75) is 25.1 Å². The molecule has 0 radical (unpaired) electrons. The van der Waals surface area contributed by atoms with E-state index in [-0.39, 0.29) is 16.9 Å². The minimum absolute atomic E-state index is 0.163. The summed E-state index contributed by atoms with van der Waals surface area (Å²) in [6, 6.07) is 8.20. The van der Waals surface area contributed by atoms with Gasteiger partial charge in [0.15, 0.2) is 17.2 Å². The molecule has 5 heterocycles. The van der Waals surface area contributed by atoms with E-state index in [2.05, 4.69) is 30.7 Å². The fourth-order valence-corrected chi connectivity index (χ4v) is 3.78. The molecule has 0 unspecified atom stereocenters. The predicted octanol–water partition coefficient (Wildman–Crippen LogP) is 2.12. The van der Waals surface area contributed by atoms with E-state index in [4.69, 9.17) is 0 Å². The minimum atomic E-state index is -1.02. The second-order valence-electron chi connectivity index (χ2n) is 7.81. The van der Waals surface area contributed by atoms with Crippen molar-refractivity contribution < 1.29 is 9.18 Å². The summed E-state index contributed by atoms with van der Waals surface area (Å²) in [6.07, 6.45) is 6.14. The van der Waals surface area contributed by atoms with Crippen LogP contribution in [-0.4, -0.2) is 48.5 Å². The number of carbonyl (C=O) groups is 1. The molecule has 2 atom stereocenters. The zero-order chi connectivity index (χ0) is 22.5. The second-order valence-corrected chi connectivity index (χ2v) is 7.81. The Morgan fingerprint density at radius 3 is 2.85 bits per heavy atom. The first-order valence-corrected chi connectivity index (χ1v) is 10.4. The first-order chi connectivity index (χ1) is 16.1. The van der Waals surface area contributed by atoms with Crippen molar-refractivity contribution in [1.82, 2.24) is 29.5 Å².